The number of aryl methyl sites for hydroxylation is 5. The van der Waals surface area contributed by atoms with Crippen molar-refractivity contribution in [2.24, 2.45) is 50.2 Å². The Labute approximate surface area is 613 Å². The fourth-order valence-electron chi connectivity index (χ4n) is 19.1. The maximum absolute atomic E-state index is 3.71. The molecular weight excluding hydrogens is 1240 g/mol. The van der Waals surface area contributed by atoms with Crippen LogP contribution in [0.5, 0.6) is 0 Å². The van der Waals surface area contributed by atoms with Crippen LogP contribution < -0.4 is 0 Å². The summed E-state index contributed by atoms with van der Waals surface area (Å²) < 4.78 is 0. The third-order valence-electron chi connectivity index (χ3n) is 25.4. The molecule has 0 radical (unpaired) electrons. The maximum atomic E-state index is 3.71. The molecule has 6 aliphatic rings. The average Bonchev–Trinajstić information content (AvgIpc) is 1.62. The van der Waals surface area contributed by atoms with Gasteiger partial charge in [-0.3, -0.25) is 0 Å². The van der Waals surface area contributed by atoms with Crippen LogP contribution in [0.15, 0.2) is 146 Å². The first kappa shape index (κ1) is 72.9. The molecule has 18 rings (SSSR count). The van der Waals surface area contributed by atoms with Crippen molar-refractivity contribution in [1.82, 2.24) is 29.9 Å². The first-order chi connectivity index (χ1) is 48.4. The van der Waals surface area contributed by atoms with E-state index in [1.165, 1.54) is 215 Å². The zero-order valence-corrected chi connectivity index (χ0v) is 66.0. The van der Waals surface area contributed by atoms with Gasteiger partial charge in [-0.2, -0.15) is 0 Å². The van der Waals surface area contributed by atoms with Crippen LogP contribution in [-0.4, -0.2) is 29.9 Å². The summed E-state index contributed by atoms with van der Waals surface area (Å²) in [5.41, 5.74) is 28.6. The molecule has 0 aliphatic heterocycles. The summed E-state index contributed by atoms with van der Waals surface area (Å²) in [4.78, 5) is 21.9. The molecule has 0 saturated carbocycles. The molecular formula is C96H126N6. The number of fused-ring (bicyclic) bond motifs is 18. The van der Waals surface area contributed by atoms with E-state index in [-0.39, 0.29) is 0 Å². The Hall–Kier alpha value is -7.44. The van der Waals surface area contributed by atoms with E-state index in [4.69, 9.17) is 0 Å². The average molecular weight is 1360 g/mol. The second kappa shape index (κ2) is 28.9. The Morgan fingerprint density at radius 3 is 0.902 bits per heavy atom. The topological polar surface area (TPSA) is 94.7 Å². The van der Waals surface area contributed by atoms with Gasteiger partial charge < -0.3 is 29.9 Å². The molecule has 0 amide bonds. The molecule has 0 saturated heterocycles. The van der Waals surface area contributed by atoms with Crippen LogP contribution in [0.4, 0.5) is 0 Å². The molecule has 12 aromatic rings. The summed E-state index contributed by atoms with van der Waals surface area (Å²) in [6.45, 7) is 42.5. The van der Waals surface area contributed by atoms with Crippen LogP contribution in [-0.2, 0) is 57.8 Å². The van der Waals surface area contributed by atoms with Gasteiger partial charge in [0.1, 0.15) is 0 Å². The quantitative estimate of drug-likeness (QED) is 0.0817. The van der Waals surface area contributed by atoms with E-state index >= 15 is 0 Å². The Morgan fingerprint density at radius 1 is 0.225 bits per heavy atom. The number of hydrogen-bond acceptors (Lipinski definition) is 0. The highest BCUT2D eigenvalue weighted by Gasteiger charge is 2.38. The van der Waals surface area contributed by atoms with Gasteiger partial charge in [0.15, 0.2) is 0 Å². The number of para-hydroxylation sites is 6. The molecule has 540 valence electrons. The second-order valence-corrected chi connectivity index (χ2v) is 38.4. The Balaban J connectivity index is 0.000000109. The van der Waals surface area contributed by atoms with Crippen LogP contribution >= 0.6 is 0 Å². The monoisotopic (exact) mass is 1360 g/mol. The minimum Gasteiger partial charge on any atom is -0.358 e. The van der Waals surface area contributed by atoms with Gasteiger partial charge in [-0.1, -0.05) is 240 Å². The van der Waals surface area contributed by atoms with Crippen molar-refractivity contribution in [3.8, 4) is 0 Å². The first-order valence-electron chi connectivity index (χ1n) is 39.9. The van der Waals surface area contributed by atoms with E-state index in [1.54, 1.807) is 33.4 Å². The van der Waals surface area contributed by atoms with Gasteiger partial charge in [0.2, 0.25) is 0 Å². The minimum absolute atomic E-state index is 0.347. The van der Waals surface area contributed by atoms with Gasteiger partial charge in [0, 0.05) is 117 Å². The highest BCUT2D eigenvalue weighted by molar-refractivity contribution is 5.89. The van der Waals surface area contributed by atoms with E-state index in [9.17, 15) is 0 Å². The third kappa shape index (κ3) is 15.5. The molecule has 6 N–H and O–H groups in total. The van der Waals surface area contributed by atoms with Crippen LogP contribution in [0, 0.1) is 50.2 Å². The Morgan fingerprint density at radius 2 is 0.500 bits per heavy atom. The van der Waals surface area contributed by atoms with Gasteiger partial charge in [-0.05, 0) is 229 Å². The summed E-state index contributed by atoms with van der Waals surface area (Å²) in [5, 5.41) is 8.64. The van der Waals surface area contributed by atoms with E-state index in [2.05, 4.69) is 300 Å². The van der Waals surface area contributed by atoms with Crippen LogP contribution in [0.25, 0.3) is 65.4 Å². The SMILES string of the molecule is CC(C)(C)C1CCCCc2c1[nH]c1ccccc21.CC(C)(C)C1CCCc2c([nH]c3ccccc23)C1.CC(C)(C)C1CCCc2c1[nH]c1ccccc21.CC(C)(C)C1CCc2c([nH]c3ccccc23)C1.CC(C)(C)C1CCc2c1[nH]c1ccccc21.CC(C)(C)C1Cc2[nH]c3ccccc3c2C1. The molecule has 102 heavy (non-hydrogen) atoms. The molecule has 6 atom stereocenters. The van der Waals surface area contributed by atoms with Crippen molar-refractivity contribution in [2.45, 2.75) is 258 Å². The maximum Gasteiger partial charge on any atom is 0.0459 e. The summed E-state index contributed by atoms with van der Waals surface area (Å²) in [5.74, 6) is 4.43. The number of hydrogen-bond donors (Lipinski definition) is 6. The number of H-pyrrole nitrogens is 6. The molecule has 0 fully saturated rings. The Kier molecular flexibility index (Phi) is 20.6. The van der Waals surface area contributed by atoms with Crippen LogP contribution in [0.1, 0.15) is 268 Å². The predicted molar refractivity (Wildman–Crippen MR) is 440 cm³/mol. The molecule has 6 heterocycles. The fourth-order valence-corrected chi connectivity index (χ4v) is 19.1. The lowest BCUT2D eigenvalue weighted by atomic mass is 9.72. The summed E-state index contributed by atoms with van der Waals surface area (Å²) in [6.07, 6.45) is 23.1. The molecule has 6 aliphatic carbocycles. The van der Waals surface area contributed by atoms with E-state index in [0.717, 1.165) is 17.8 Å². The van der Waals surface area contributed by atoms with E-state index < -0.39 is 0 Å². The highest BCUT2D eigenvalue weighted by atomic mass is 14.8. The molecule has 0 spiro atoms. The van der Waals surface area contributed by atoms with Crippen molar-refractivity contribution < 1.29 is 0 Å². The number of aromatic amines is 6. The van der Waals surface area contributed by atoms with Crippen LogP contribution in [0.2, 0.25) is 0 Å². The van der Waals surface area contributed by atoms with Gasteiger partial charge in [-0.25, -0.2) is 0 Å². The number of aromatic nitrogens is 6. The number of benzene rings is 6. The third-order valence-corrected chi connectivity index (χ3v) is 25.4. The molecule has 6 heteroatoms. The predicted octanol–water partition coefficient (Wildman–Crippen LogP) is 26.9. The van der Waals surface area contributed by atoms with Gasteiger partial charge in [-0.15, -0.1) is 0 Å². The van der Waals surface area contributed by atoms with Crippen molar-refractivity contribution >= 4 is 65.4 Å². The van der Waals surface area contributed by atoms with E-state index in [0.29, 0.717) is 50.2 Å². The summed E-state index contributed by atoms with van der Waals surface area (Å²) >= 11 is 0. The number of nitrogens with one attached hydrogen (secondary N) is 6. The van der Waals surface area contributed by atoms with Gasteiger partial charge >= 0.3 is 0 Å². The molecule has 6 aromatic heterocycles. The fraction of sp³-hybridized carbons (Fsp3) is 0.500. The largest absolute Gasteiger partial charge is 0.358 e. The Bertz CT molecular complexity index is 4830. The molecule has 0 bridgehead atoms. The first-order valence-corrected chi connectivity index (χ1v) is 39.9. The highest BCUT2D eigenvalue weighted by Crippen LogP contribution is 2.50. The van der Waals surface area contributed by atoms with Crippen molar-refractivity contribution in [3.63, 3.8) is 0 Å². The van der Waals surface area contributed by atoms with Crippen molar-refractivity contribution in [3.05, 3.63) is 213 Å². The molecule has 6 nitrogen and oxygen atoms in total. The van der Waals surface area contributed by atoms with Gasteiger partial charge in [0.05, 0.1) is 0 Å². The van der Waals surface area contributed by atoms with E-state index in [1.807, 2.05) is 0 Å². The number of rotatable bonds is 0. The lowest BCUT2D eigenvalue weighted by molar-refractivity contribution is 0.215. The minimum atomic E-state index is 0.347. The smallest absolute Gasteiger partial charge is 0.0459 e. The summed E-state index contributed by atoms with van der Waals surface area (Å²) in [7, 11) is 0. The van der Waals surface area contributed by atoms with Crippen LogP contribution in [0.3, 0.4) is 0 Å². The lowest BCUT2D eigenvalue weighted by Crippen LogP contribution is -2.26. The normalized spacial score (nSPS) is 20.5. The molecule has 6 aromatic carbocycles. The second-order valence-electron chi connectivity index (χ2n) is 38.4. The standard InChI is InChI=1S/2C17H23N.2C16H21N.2C15H19N/c1-17(2,3)14-10-6-4-9-13-12-8-5-7-11-15(12)18-16(13)14;1-17(2,3)12-7-6-9-14-13-8-4-5-10-15(13)18-16(14)11-12;1-16(2,3)13-9-6-8-12-11-7-4-5-10-14(11)17-15(12)13;1-16(2,3)11-8-9-13-12-6-4-5-7-14(12)17-15(13)10-11;1-15(2,3)10-8-12-11-6-4-5-7-13(11)16-14(12)9-10;1-15(2,3)12-9-8-11-10-6-4-5-7-13(10)16-14(11)12/h5,7-8,11,14,18H,4,6,9-10H2,1-3H3;4-5,8,10,12,18H,6-7,9,11H2,1-3H3;4-5,7,10,13,17H,6,8-9H2,1-3H3;4-7,11,17H,8-10H2,1-3H3;4-7,10,16H,8-9H2,1-3H3;4-7,12,16H,8-9H2,1-3H3. The lowest BCUT2D eigenvalue weighted by Gasteiger charge is -2.34. The molecule has 6 unspecified atom stereocenters. The van der Waals surface area contributed by atoms with Crippen molar-refractivity contribution in [1.29, 1.82) is 0 Å². The zero-order valence-electron chi connectivity index (χ0n) is 66.0. The zero-order chi connectivity index (χ0) is 72.3. The van der Waals surface area contributed by atoms with Crippen molar-refractivity contribution in [2.75, 3.05) is 0 Å². The summed E-state index contributed by atoms with van der Waals surface area (Å²) in [6, 6.07) is 52.3. The van der Waals surface area contributed by atoms with Gasteiger partial charge in [0.25, 0.3) is 0 Å².